The zero-order valence-corrected chi connectivity index (χ0v) is 11.1. The highest BCUT2D eigenvalue weighted by Gasteiger charge is 2.43. The van der Waals surface area contributed by atoms with Crippen molar-refractivity contribution < 1.29 is 13.2 Å². The first-order chi connectivity index (χ1) is 9.19. The standard InChI is InChI=1S/C15H14O3S/c16-19(17,13-9-5-2-6-10-13)15-14(11-18-15)12-7-3-1-4-8-12/h1-10,14-15H,11H2/t14-,15+/m1/s1. The van der Waals surface area contributed by atoms with Crippen molar-refractivity contribution >= 4 is 9.84 Å². The lowest BCUT2D eigenvalue weighted by atomic mass is 9.98. The molecule has 0 aliphatic carbocycles. The quantitative estimate of drug-likeness (QED) is 0.864. The van der Waals surface area contributed by atoms with Gasteiger partial charge in [0.25, 0.3) is 0 Å². The third kappa shape index (κ3) is 2.17. The van der Waals surface area contributed by atoms with Crippen LogP contribution in [-0.2, 0) is 14.6 Å². The average molecular weight is 274 g/mol. The fourth-order valence-corrected chi connectivity index (χ4v) is 4.01. The van der Waals surface area contributed by atoms with Crippen molar-refractivity contribution in [2.45, 2.75) is 16.2 Å². The van der Waals surface area contributed by atoms with E-state index in [-0.39, 0.29) is 5.92 Å². The zero-order valence-electron chi connectivity index (χ0n) is 10.3. The van der Waals surface area contributed by atoms with E-state index in [9.17, 15) is 8.42 Å². The second-order valence-electron chi connectivity index (χ2n) is 4.58. The maximum absolute atomic E-state index is 12.5. The molecule has 4 heteroatoms. The molecule has 2 aromatic carbocycles. The summed E-state index contributed by atoms with van der Waals surface area (Å²) in [6.07, 6.45) is 0. The molecule has 3 nitrogen and oxygen atoms in total. The van der Waals surface area contributed by atoms with Crippen LogP contribution in [0.15, 0.2) is 65.6 Å². The predicted molar refractivity (Wildman–Crippen MR) is 72.6 cm³/mol. The van der Waals surface area contributed by atoms with Gasteiger partial charge in [0.15, 0.2) is 5.44 Å². The molecule has 1 aliphatic heterocycles. The summed E-state index contributed by atoms with van der Waals surface area (Å²) in [5, 5.41) is 0. The molecular weight excluding hydrogens is 260 g/mol. The molecule has 1 fully saturated rings. The molecule has 1 aliphatic rings. The van der Waals surface area contributed by atoms with E-state index in [1.807, 2.05) is 30.3 Å². The molecule has 0 radical (unpaired) electrons. The van der Waals surface area contributed by atoms with Gasteiger partial charge < -0.3 is 4.74 Å². The molecule has 1 heterocycles. The lowest BCUT2D eigenvalue weighted by molar-refractivity contribution is -0.0244. The molecule has 19 heavy (non-hydrogen) atoms. The lowest BCUT2D eigenvalue weighted by Gasteiger charge is -2.36. The van der Waals surface area contributed by atoms with Crippen molar-refractivity contribution in [3.05, 3.63) is 66.2 Å². The van der Waals surface area contributed by atoms with E-state index in [1.54, 1.807) is 30.3 Å². The topological polar surface area (TPSA) is 43.4 Å². The van der Waals surface area contributed by atoms with Crippen molar-refractivity contribution in [3.63, 3.8) is 0 Å². The summed E-state index contributed by atoms with van der Waals surface area (Å²) in [4.78, 5) is 0.320. The Bertz CT molecular complexity index is 650. The fraction of sp³-hybridized carbons (Fsp3) is 0.200. The maximum Gasteiger partial charge on any atom is 0.205 e. The maximum atomic E-state index is 12.5. The summed E-state index contributed by atoms with van der Waals surface area (Å²) in [5.41, 5.74) is 0.246. The first-order valence-electron chi connectivity index (χ1n) is 6.15. The Kier molecular flexibility index (Phi) is 3.12. The summed E-state index contributed by atoms with van der Waals surface area (Å²) < 4.78 is 30.3. The minimum Gasteiger partial charge on any atom is -0.360 e. The second-order valence-corrected chi connectivity index (χ2v) is 6.60. The van der Waals surface area contributed by atoms with E-state index in [2.05, 4.69) is 0 Å². The van der Waals surface area contributed by atoms with E-state index in [4.69, 9.17) is 4.74 Å². The van der Waals surface area contributed by atoms with Gasteiger partial charge in [-0.3, -0.25) is 0 Å². The van der Waals surface area contributed by atoms with Crippen LogP contribution in [0.5, 0.6) is 0 Å². The first kappa shape index (κ1) is 12.4. The van der Waals surface area contributed by atoms with Crippen LogP contribution < -0.4 is 0 Å². The molecular formula is C15H14O3S. The van der Waals surface area contributed by atoms with Crippen molar-refractivity contribution in [2.75, 3.05) is 6.61 Å². The minimum atomic E-state index is -3.42. The third-order valence-corrected chi connectivity index (χ3v) is 5.38. The van der Waals surface area contributed by atoms with Gasteiger partial charge in [0.1, 0.15) is 0 Å². The first-order valence-corrected chi connectivity index (χ1v) is 7.70. The number of hydrogen-bond donors (Lipinski definition) is 0. The van der Waals surface area contributed by atoms with Gasteiger partial charge in [0, 0.05) is 5.92 Å². The molecule has 0 bridgehead atoms. The van der Waals surface area contributed by atoms with Gasteiger partial charge in [-0.1, -0.05) is 48.5 Å². The van der Waals surface area contributed by atoms with Gasteiger partial charge in [0.2, 0.25) is 9.84 Å². The number of rotatable bonds is 3. The number of ether oxygens (including phenoxy) is 1. The summed E-state index contributed by atoms with van der Waals surface area (Å²) in [6, 6.07) is 18.1. The highest BCUT2D eigenvalue weighted by Crippen LogP contribution is 2.37. The lowest BCUT2D eigenvalue weighted by Crippen LogP contribution is -2.43. The Morgan fingerprint density at radius 2 is 1.47 bits per heavy atom. The van der Waals surface area contributed by atoms with Crippen LogP contribution >= 0.6 is 0 Å². The molecule has 1 saturated heterocycles. The molecule has 0 saturated carbocycles. The molecule has 2 aromatic rings. The van der Waals surface area contributed by atoms with Crippen LogP contribution in [0.2, 0.25) is 0 Å². The largest absolute Gasteiger partial charge is 0.360 e. The van der Waals surface area contributed by atoms with Crippen LogP contribution in [0.3, 0.4) is 0 Å². The predicted octanol–water partition coefficient (Wildman–Crippen LogP) is 2.60. The summed E-state index contributed by atoms with van der Waals surface area (Å²) in [6.45, 7) is 0.459. The molecule has 0 spiro atoms. The van der Waals surface area contributed by atoms with Gasteiger partial charge in [0.05, 0.1) is 11.5 Å². The summed E-state index contributed by atoms with van der Waals surface area (Å²) in [7, 11) is -3.42. The smallest absolute Gasteiger partial charge is 0.205 e. The van der Waals surface area contributed by atoms with Crippen LogP contribution in [0.25, 0.3) is 0 Å². The van der Waals surface area contributed by atoms with Gasteiger partial charge in [-0.15, -0.1) is 0 Å². The summed E-state index contributed by atoms with van der Waals surface area (Å²) >= 11 is 0. The second kappa shape index (κ2) is 4.79. The Balaban J connectivity index is 1.92. The molecule has 2 atom stereocenters. The molecule has 0 N–H and O–H groups in total. The number of benzene rings is 2. The van der Waals surface area contributed by atoms with Gasteiger partial charge in [-0.2, -0.15) is 0 Å². The van der Waals surface area contributed by atoms with Crippen LogP contribution in [-0.4, -0.2) is 20.5 Å². The van der Waals surface area contributed by atoms with E-state index in [1.165, 1.54) is 0 Å². The van der Waals surface area contributed by atoms with Crippen molar-refractivity contribution in [1.82, 2.24) is 0 Å². The van der Waals surface area contributed by atoms with E-state index >= 15 is 0 Å². The Hall–Kier alpha value is -1.65. The molecule has 0 unspecified atom stereocenters. The SMILES string of the molecule is O=S(=O)(c1ccccc1)[C@@H]1OC[C@@H]1c1ccccc1. The molecule has 0 aromatic heterocycles. The Morgan fingerprint density at radius 1 is 0.895 bits per heavy atom. The van der Waals surface area contributed by atoms with Gasteiger partial charge >= 0.3 is 0 Å². The molecule has 98 valence electrons. The minimum absolute atomic E-state index is 0.0774. The number of sulfone groups is 1. The number of hydrogen-bond acceptors (Lipinski definition) is 3. The van der Waals surface area contributed by atoms with Crippen molar-refractivity contribution in [3.8, 4) is 0 Å². The van der Waals surface area contributed by atoms with Gasteiger partial charge in [-0.05, 0) is 17.7 Å². The van der Waals surface area contributed by atoms with Gasteiger partial charge in [-0.25, -0.2) is 8.42 Å². The highest BCUT2D eigenvalue weighted by molar-refractivity contribution is 7.92. The molecule has 3 rings (SSSR count). The normalized spacial score (nSPS) is 22.7. The van der Waals surface area contributed by atoms with E-state index in [0.717, 1.165) is 5.56 Å². The average Bonchev–Trinajstić information content (AvgIpc) is 2.39. The van der Waals surface area contributed by atoms with Crippen molar-refractivity contribution in [1.29, 1.82) is 0 Å². The highest BCUT2D eigenvalue weighted by atomic mass is 32.2. The zero-order chi connectivity index (χ0) is 13.3. The van der Waals surface area contributed by atoms with Crippen LogP contribution in [0.4, 0.5) is 0 Å². The van der Waals surface area contributed by atoms with E-state index < -0.39 is 15.3 Å². The Labute approximate surface area is 112 Å². The monoisotopic (exact) mass is 274 g/mol. The fourth-order valence-electron chi connectivity index (χ4n) is 2.27. The van der Waals surface area contributed by atoms with Crippen LogP contribution in [0.1, 0.15) is 11.5 Å². The third-order valence-electron chi connectivity index (χ3n) is 3.37. The molecule has 0 amide bonds. The Morgan fingerprint density at radius 3 is 2.00 bits per heavy atom. The summed E-state index contributed by atoms with van der Waals surface area (Å²) in [5.74, 6) is -0.0774. The van der Waals surface area contributed by atoms with Crippen LogP contribution in [0, 0.1) is 0 Å². The van der Waals surface area contributed by atoms with Crippen molar-refractivity contribution in [2.24, 2.45) is 0 Å². The van der Waals surface area contributed by atoms with E-state index in [0.29, 0.717) is 11.5 Å².